The van der Waals surface area contributed by atoms with Crippen LogP contribution >= 0.6 is 11.5 Å². The average molecular weight is 450 g/mol. The van der Waals surface area contributed by atoms with Crippen molar-refractivity contribution >= 4 is 17.4 Å². The predicted molar refractivity (Wildman–Crippen MR) is 107 cm³/mol. The number of hydrogen-bond acceptors (Lipinski definition) is 6. The van der Waals surface area contributed by atoms with E-state index in [0.717, 1.165) is 41.2 Å². The number of rotatable bonds is 6. The van der Waals surface area contributed by atoms with Crippen LogP contribution in [0.1, 0.15) is 28.8 Å². The van der Waals surface area contributed by atoms with Crippen LogP contribution in [0.3, 0.4) is 0 Å². The molecule has 1 amide bonds. The van der Waals surface area contributed by atoms with Crippen molar-refractivity contribution in [2.75, 3.05) is 6.61 Å². The van der Waals surface area contributed by atoms with Crippen molar-refractivity contribution in [3.05, 3.63) is 63.4 Å². The summed E-state index contributed by atoms with van der Waals surface area (Å²) in [4.78, 5) is 25.8. The lowest BCUT2D eigenvalue weighted by molar-refractivity contribution is -0.137. The zero-order valence-corrected chi connectivity index (χ0v) is 16.8. The Morgan fingerprint density at radius 2 is 2.00 bits per heavy atom. The fourth-order valence-corrected chi connectivity index (χ4v) is 3.66. The minimum Gasteiger partial charge on any atom is -0.394 e. The third kappa shape index (κ3) is 4.52. The summed E-state index contributed by atoms with van der Waals surface area (Å²) >= 11 is 1.08. The minimum absolute atomic E-state index is 0.150. The van der Waals surface area contributed by atoms with Crippen molar-refractivity contribution in [3.63, 3.8) is 0 Å². The van der Waals surface area contributed by atoms with Crippen LogP contribution in [0.5, 0.6) is 0 Å². The van der Waals surface area contributed by atoms with E-state index in [2.05, 4.69) is 14.8 Å². The zero-order valence-electron chi connectivity index (χ0n) is 16.0. The molecular weight excluding hydrogens is 433 g/mol. The van der Waals surface area contributed by atoms with Gasteiger partial charge >= 0.3 is 6.18 Å². The molecule has 162 valence electrons. The molecule has 2 heterocycles. The van der Waals surface area contributed by atoms with Gasteiger partial charge in [0, 0.05) is 10.9 Å². The number of amides is 1. The molecular formula is C20H17F3N4O3S. The number of benzene rings is 1. The molecule has 0 aliphatic heterocycles. The number of carbonyl (C=O) groups excluding carboxylic acids is 1. The maximum Gasteiger partial charge on any atom is 0.416 e. The van der Waals surface area contributed by atoms with Gasteiger partial charge < -0.3 is 10.4 Å². The molecule has 0 radical (unpaired) electrons. The number of aliphatic hydroxyl groups excluding tert-OH is 1. The van der Waals surface area contributed by atoms with Crippen LogP contribution in [0, 0.1) is 5.92 Å². The Balaban J connectivity index is 1.77. The minimum atomic E-state index is -4.49. The number of aliphatic hydroxyl groups is 1. The van der Waals surface area contributed by atoms with Gasteiger partial charge in [0.15, 0.2) is 0 Å². The summed E-state index contributed by atoms with van der Waals surface area (Å²) in [6.45, 7) is -0.254. The second-order valence-corrected chi connectivity index (χ2v) is 7.88. The third-order valence-electron chi connectivity index (χ3n) is 5.03. The summed E-state index contributed by atoms with van der Waals surface area (Å²) < 4.78 is 43.6. The Morgan fingerprint density at radius 1 is 1.29 bits per heavy atom. The largest absolute Gasteiger partial charge is 0.416 e. The summed E-state index contributed by atoms with van der Waals surface area (Å²) in [7, 11) is 0. The van der Waals surface area contributed by atoms with Crippen LogP contribution < -0.4 is 10.9 Å². The van der Waals surface area contributed by atoms with Crippen LogP contribution in [0.25, 0.3) is 16.9 Å². The summed E-state index contributed by atoms with van der Waals surface area (Å²) in [5.41, 5.74) is -0.953. The van der Waals surface area contributed by atoms with Crippen molar-refractivity contribution in [3.8, 4) is 16.9 Å². The lowest BCUT2D eigenvalue weighted by Gasteiger charge is -2.16. The Bertz CT molecular complexity index is 1140. The normalized spacial score (nSPS) is 15.0. The first-order chi connectivity index (χ1) is 14.8. The Morgan fingerprint density at radius 3 is 2.55 bits per heavy atom. The number of nitrogens with one attached hydrogen (secondary N) is 1. The van der Waals surface area contributed by atoms with Crippen molar-refractivity contribution in [1.82, 2.24) is 19.5 Å². The molecule has 7 nitrogen and oxygen atoms in total. The standard InChI is InChI=1S/C20H17F3N4O3S/c21-20(22,23)13-5-3-11(4-6-13)16-7-15(18(29)25-17(9-28)12-1-2-12)19(30)27(26-16)14-8-24-31-10-14/h3-8,10,12,17,28H,1-2,9H2,(H,25,29)/t17-/m1/s1. The van der Waals surface area contributed by atoms with E-state index in [4.69, 9.17) is 0 Å². The molecule has 1 atom stereocenters. The Kier molecular flexibility index (Phi) is 5.63. The molecule has 3 aromatic rings. The Hall–Kier alpha value is -3.05. The van der Waals surface area contributed by atoms with Crippen LogP contribution in [0.15, 0.2) is 46.7 Å². The lowest BCUT2D eigenvalue weighted by atomic mass is 10.1. The van der Waals surface area contributed by atoms with E-state index in [-0.39, 0.29) is 23.8 Å². The SMILES string of the molecule is O=C(N[C@H](CO)C1CC1)c1cc(-c2ccc(C(F)(F)F)cc2)nn(-c2cnsc2)c1=O. The predicted octanol–water partition coefficient (Wildman–Crippen LogP) is 2.88. The molecule has 1 aromatic carbocycles. The second kappa shape index (κ2) is 8.23. The monoisotopic (exact) mass is 450 g/mol. The number of alkyl halides is 3. The molecule has 31 heavy (non-hydrogen) atoms. The molecule has 0 unspecified atom stereocenters. The van der Waals surface area contributed by atoms with Gasteiger partial charge in [-0.25, -0.2) is 0 Å². The van der Waals surface area contributed by atoms with E-state index in [9.17, 15) is 27.9 Å². The summed E-state index contributed by atoms with van der Waals surface area (Å²) in [6, 6.07) is 5.06. The quantitative estimate of drug-likeness (QED) is 0.602. The van der Waals surface area contributed by atoms with E-state index in [1.807, 2.05) is 0 Å². The van der Waals surface area contributed by atoms with Gasteiger partial charge in [0.05, 0.1) is 35.8 Å². The highest BCUT2D eigenvalue weighted by Crippen LogP contribution is 2.33. The van der Waals surface area contributed by atoms with E-state index in [0.29, 0.717) is 11.3 Å². The highest BCUT2D eigenvalue weighted by molar-refractivity contribution is 7.03. The lowest BCUT2D eigenvalue weighted by Crippen LogP contribution is -2.42. The van der Waals surface area contributed by atoms with Gasteiger partial charge in [-0.15, -0.1) is 0 Å². The van der Waals surface area contributed by atoms with Gasteiger partial charge in [-0.2, -0.15) is 27.3 Å². The molecule has 1 aliphatic carbocycles. The number of hydrogen-bond donors (Lipinski definition) is 2. The second-order valence-electron chi connectivity index (χ2n) is 7.22. The maximum atomic E-state index is 12.9. The number of nitrogens with zero attached hydrogens (tertiary/aromatic N) is 3. The smallest absolute Gasteiger partial charge is 0.394 e. The number of halogens is 3. The van der Waals surface area contributed by atoms with Gasteiger partial charge in [-0.1, -0.05) is 12.1 Å². The van der Waals surface area contributed by atoms with Crippen LogP contribution in [-0.4, -0.2) is 37.8 Å². The molecule has 2 N–H and O–H groups in total. The third-order valence-corrected chi connectivity index (χ3v) is 5.61. The van der Waals surface area contributed by atoms with E-state index in [1.54, 1.807) is 5.38 Å². The molecule has 1 saturated carbocycles. The number of aromatic nitrogens is 3. The first-order valence-corrected chi connectivity index (χ1v) is 10.2. The molecule has 0 bridgehead atoms. The first kappa shape index (κ1) is 21.2. The topological polar surface area (TPSA) is 97.1 Å². The van der Waals surface area contributed by atoms with Crippen LogP contribution in [-0.2, 0) is 6.18 Å². The van der Waals surface area contributed by atoms with Crippen LogP contribution in [0.2, 0.25) is 0 Å². The summed E-state index contributed by atoms with van der Waals surface area (Å²) in [6.07, 6.45) is -1.33. The fraction of sp³-hybridized carbons (Fsp3) is 0.300. The van der Waals surface area contributed by atoms with E-state index in [1.165, 1.54) is 24.4 Å². The number of carbonyl (C=O) groups is 1. The fourth-order valence-electron chi connectivity index (χ4n) is 3.16. The molecule has 4 rings (SSSR count). The summed E-state index contributed by atoms with van der Waals surface area (Å²) in [5, 5.41) is 18.0. The van der Waals surface area contributed by atoms with Gasteiger partial charge in [0.1, 0.15) is 5.56 Å². The van der Waals surface area contributed by atoms with Crippen molar-refractivity contribution < 1.29 is 23.1 Å². The molecule has 0 saturated heterocycles. The zero-order chi connectivity index (χ0) is 22.2. The average Bonchev–Trinajstić information content (AvgIpc) is 3.45. The summed E-state index contributed by atoms with van der Waals surface area (Å²) in [5.74, 6) is -0.517. The molecule has 2 aromatic heterocycles. The van der Waals surface area contributed by atoms with Crippen molar-refractivity contribution in [2.45, 2.75) is 25.1 Å². The molecule has 1 fully saturated rings. The molecule has 11 heteroatoms. The van der Waals surface area contributed by atoms with Gasteiger partial charge in [-0.05, 0) is 48.5 Å². The highest BCUT2D eigenvalue weighted by Gasteiger charge is 2.33. The van der Waals surface area contributed by atoms with Gasteiger partial charge in [-0.3, -0.25) is 9.59 Å². The van der Waals surface area contributed by atoms with Crippen molar-refractivity contribution in [1.29, 1.82) is 0 Å². The molecule has 1 aliphatic rings. The Labute approximate surface area is 178 Å². The first-order valence-electron chi connectivity index (χ1n) is 9.41. The van der Waals surface area contributed by atoms with E-state index >= 15 is 0 Å². The van der Waals surface area contributed by atoms with Crippen molar-refractivity contribution in [2.24, 2.45) is 5.92 Å². The molecule has 0 spiro atoms. The van der Waals surface area contributed by atoms with Gasteiger partial charge in [0.2, 0.25) is 0 Å². The van der Waals surface area contributed by atoms with Gasteiger partial charge in [0.25, 0.3) is 11.5 Å². The maximum absolute atomic E-state index is 12.9. The van der Waals surface area contributed by atoms with Crippen LogP contribution in [0.4, 0.5) is 13.2 Å². The highest BCUT2D eigenvalue weighted by atomic mass is 32.1. The van der Waals surface area contributed by atoms with E-state index < -0.39 is 29.2 Å².